The number of hydrogen-bond acceptors (Lipinski definition) is 5. The summed E-state index contributed by atoms with van der Waals surface area (Å²) in [6.45, 7) is 0. The molecule has 3 aromatic heterocycles. The summed E-state index contributed by atoms with van der Waals surface area (Å²) >= 11 is 0. The van der Waals surface area contributed by atoms with Crippen molar-refractivity contribution in [1.82, 2.24) is 15.0 Å². The minimum absolute atomic E-state index is 0.543. The summed E-state index contributed by atoms with van der Waals surface area (Å²) in [5, 5.41) is 8.74. The second-order valence-corrected chi connectivity index (χ2v) is 14.8. The molecular formula is C53H31N3O2. The van der Waals surface area contributed by atoms with Crippen LogP contribution in [0.1, 0.15) is 0 Å². The van der Waals surface area contributed by atoms with E-state index < -0.39 is 0 Å². The molecule has 0 aliphatic rings. The molecule has 0 spiro atoms. The molecule has 0 aliphatic heterocycles. The van der Waals surface area contributed by atoms with Crippen molar-refractivity contribution in [2.45, 2.75) is 0 Å². The van der Waals surface area contributed by atoms with Crippen LogP contribution in [0.2, 0.25) is 0 Å². The quantitative estimate of drug-likeness (QED) is 0.176. The molecule has 0 bridgehead atoms. The SMILES string of the molecule is c1ccc(-c2ccc3ccc(-c4nc(-c5cccc(-c6cccc7oc8ccccc8c67)c5)nc(-c5cc6ccccc6c6c5oc5ccccc56)n4)cc3c2)cc1. The van der Waals surface area contributed by atoms with E-state index in [0.29, 0.717) is 17.5 Å². The summed E-state index contributed by atoms with van der Waals surface area (Å²) < 4.78 is 13.0. The van der Waals surface area contributed by atoms with Crippen LogP contribution >= 0.6 is 0 Å². The predicted octanol–water partition coefficient (Wildman–Crippen LogP) is 14.3. The summed E-state index contributed by atoms with van der Waals surface area (Å²) in [5.74, 6) is 1.70. The van der Waals surface area contributed by atoms with Crippen LogP contribution in [0.4, 0.5) is 0 Å². The molecule has 0 N–H and O–H groups in total. The third-order valence-electron chi connectivity index (χ3n) is 11.3. The number of para-hydroxylation sites is 2. The van der Waals surface area contributed by atoms with Gasteiger partial charge in [-0.25, -0.2) is 15.0 Å². The Bertz CT molecular complexity index is 3580. The minimum atomic E-state index is 0.543. The molecule has 9 aromatic carbocycles. The molecule has 5 nitrogen and oxygen atoms in total. The highest BCUT2D eigenvalue weighted by molar-refractivity contribution is 6.22. The van der Waals surface area contributed by atoms with Crippen molar-refractivity contribution in [3.8, 4) is 56.4 Å². The van der Waals surface area contributed by atoms with Gasteiger partial charge in [-0.15, -0.1) is 0 Å². The zero-order chi connectivity index (χ0) is 38.2. The Balaban J connectivity index is 1.09. The van der Waals surface area contributed by atoms with E-state index in [0.717, 1.165) is 98.8 Å². The van der Waals surface area contributed by atoms with Gasteiger partial charge in [0, 0.05) is 32.7 Å². The highest BCUT2D eigenvalue weighted by Gasteiger charge is 2.21. The Kier molecular flexibility index (Phi) is 7.16. The fraction of sp³-hybridized carbons (Fsp3) is 0. The van der Waals surface area contributed by atoms with E-state index in [9.17, 15) is 0 Å². The van der Waals surface area contributed by atoms with E-state index in [1.807, 2.05) is 42.5 Å². The van der Waals surface area contributed by atoms with Gasteiger partial charge < -0.3 is 8.83 Å². The lowest BCUT2D eigenvalue weighted by molar-refractivity contribution is 0.669. The summed E-state index contributed by atoms with van der Waals surface area (Å²) in [4.78, 5) is 15.8. The van der Waals surface area contributed by atoms with Gasteiger partial charge in [0.25, 0.3) is 0 Å². The van der Waals surface area contributed by atoms with Gasteiger partial charge in [0.05, 0.1) is 5.56 Å². The van der Waals surface area contributed by atoms with Crippen LogP contribution < -0.4 is 0 Å². The van der Waals surface area contributed by atoms with Crippen molar-refractivity contribution >= 4 is 65.4 Å². The van der Waals surface area contributed by atoms with Crippen LogP contribution in [-0.4, -0.2) is 15.0 Å². The fourth-order valence-corrected chi connectivity index (χ4v) is 8.53. The monoisotopic (exact) mass is 741 g/mol. The Morgan fingerprint density at radius 3 is 1.71 bits per heavy atom. The highest BCUT2D eigenvalue weighted by atomic mass is 16.3. The van der Waals surface area contributed by atoms with Crippen molar-refractivity contribution < 1.29 is 8.83 Å². The van der Waals surface area contributed by atoms with Gasteiger partial charge in [-0.2, -0.15) is 0 Å². The number of hydrogen-bond donors (Lipinski definition) is 0. The number of aromatic nitrogens is 3. The van der Waals surface area contributed by atoms with E-state index >= 15 is 0 Å². The predicted molar refractivity (Wildman–Crippen MR) is 237 cm³/mol. The molecule has 0 saturated carbocycles. The van der Waals surface area contributed by atoms with Crippen LogP contribution in [0.5, 0.6) is 0 Å². The average Bonchev–Trinajstić information content (AvgIpc) is 3.88. The zero-order valence-corrected chi connectivity index (χ0v) is 31.1. The topological polar surface area (TPSA) is 65.0 Å². The second-order valence-electron chi connectivity index (χ2n) is 14.8. The van der Waals surface area contributed by atoms with E-state index in [1.165, 1.54) is 5.56 Å². The van der Waals surface area contributed by atoms with Crippen molar-refractivity contribution in [3.63, 3.8) is 0 Å². The standard InChI is InChI=1S/C53H31N3O2/c1-2-12-32(13-3-1)34-26-24-33-25-27-38(30-39(33)28-34)52-54-51(37-16-10-15-35(29-37)40-20-11-23-47-48(40)42-18-6-8-21-45(42)57-47)55-53(56-52)44-31-36-14-4-5-17-41(36)49-43-19-7-9-22-46(43)58-50(44)49/h1-31H. The van der Waals surface area contributed by atoms with Crippen LogP contribution in [-0.2, 0) is 0 Å². The third kappa shape index (κ3) is 5.21. The molecule has 58 heavy (non-hydrogen) atoms. The molecule has 3 heterocycles. The summed E-state index contributed by atoms with van der Waals surface area (Å²) in [6.07, 6.45) is 0. The second kappa shape index (κ2) is 12.8. The summed E-state index contributed by atoms with van der Waals surface area (Å²) in [6, 6.07) is 65.2. The van der Waals surface area contributed by atoms with Gasteiger partial charge in [0.2, 0.25) is 0 Å². The first-order valence-corrected chi connectivity index (χ1v) is 19.4. The Hall–Kier alpha value is -7.89. The maximum Gasteiger partial charge on any atom is 0.167 e. The number of furan rings is 2. The Morgan fingerprint density at radius 2 is 0.879 bits per heavy atom. The number of fused-ring (bicyclic) bond motifs is 9. The molecule has 0 unspecified atom stereocenters. The first-order chi connectivity index (χ1) is 28.7. The Morgan fingerprint density at radius 1 is 0.293 bits per heavy atom. The average molecular weight is 742 g/mol. The molecular weight excluding hydrogens is 711 g/mol. The van der Waals surface area contributed by atoms with Gasteiger partial charge in [-0.05, 0) is 86.3 Å². The van der Waals surface area contributed by atoms with Crippen LogP contribution in [0, 0.1) is 0 Å². The molecule has 0 saturated heterocycles. The van der Waals surface area contributed by atoms with Crippen molar-refractivity contribution in [2.75, 3.05) is 0 Å². The van der Waals surface area contributed by atoms with Crippen molar-refractivity contribution in [1.29, 1.82) is 0 Å². The van der Waals surface area contributed by atoms with Crippen LogP contribution in [0.3, 0.4) is 0 Å². The Labute approximate surface area is 332 Å². The zero-order valence-electron chi connectivity index (χ0n) is 31.1. The molecule has 0 radical (unpaired) electrons. The minimum Gasteiger partial charge on any atom is -0.456 e. The molecule has 0 aliphatic carbocycles. The molecule has 12 aromatic rings. The van der Waals surface area contributed by atoms with E-state index in [2.05, 4.69) is 146 Å². The lowest BCUT2D eigenvalue weighted by Gasteiger charge is -2.12. The lowest BCUT2D eigenvalue weighted by Crippen LogP contribution is -2.01. The van der Waals surface area contributed by atoms with Gasteiger partial charge in [0.15, 0.2) is 17.5 Å². The first kappa shape index (κ1) is 32.4. The van der Waals surface area contributed by atoms with Crippen LogP contribution in [0.15, 0.2) is 197 Å². The molecule has 270 valence electrons. The van der Waals surface area contributed by atoms with Gasteiger partial charge in [0.1, 0.15) is 22.3 Å². The van der Waals surface area contributed by atoms with Gasteiger partial charge in [-0.3, -0.25) is 0 Å². The number of rotatable bonds is 5. The largest absolute Gasteiger partial charge is 0.456 e. The molecule has 0 amide bonds. The lowest BCUT2D eigenvalue weighted by atomic mass is 9.97. The smallest absolute Gasteiger partial charge is 0.167 e. The normalized spacial score (nSPS) is 11.8. The molecule has 12 rings (SSSR count). The fourth-order valence-electron chi connectivity index (χ4n) is 8.53. The van der Waals surface area contributed by atoms with Crippen LogP contribution in [0.25, 0.3) is 122 Å². The molecule has 5 heteroatoms. The van der Waals surface area contributed by atoms with E-state index in [1.54, 1.807) is 0 Å². The van der Waals surface area contributed by atoms with Gasteiger partial charge in [-0.1, -0.05) is 146 Å². The highest BCUT2D eigenvalue weighted by Crippen LogP contribution is 2.42. The van der Waals surface area contributed by atoms with Crippen molar-refractivity contribution in [3.05, 3.63) is 188 Å². The maximum absolute atomic E-state index is 6.69. The van der Waals surface area contributed by atoms with E-state index in [-0.39, 0.29) is 0 Å². The van der Waals surface area contributed by atoms with Crippen molar-refractivity contribution in [2.24, 2.45) is 0 Å². The molecule has 0 atom stereocenters. The van der Waals surface area contributed by atoms with Gasteiger partial charge >= 0.3 is 0 Å². The maximum atomic E-state index is 6.69. The summed E-state index contributed by atoms with van der Waals surface area (Å²) in [7, 11) is 0. The molecule has 0 fully saturated rings. The summed E-state index contributed by atoms with van der Waals surface area (Å²) in [5.41, 5.74) is 10.3. The first-order valence-electron chi connectivity index (χ1n) is 19.4. The number of benzene rings is 9. The third-order valence-corrected chi connectivity index (χ3v) is 11.3. The van der Waals surface area contributed by atoms with E-state index in [4.69, 9.17) is 23.8 Å². The number of nitrogens with zero attached hydrogens (tertiary/aromatic N) is 3.